The molecule has 0 radical (unpaired) electrons. The summed E-state index contributed by atoms with van der Waals surface area (Å²) in [5, 5.41) is 5.95. The number of anilines is 1. The van der Waals surface area contributed by atoms with E-state index in [2.05, 4.69) is 15.6 Å². The van der Waals surface area contributed by atoms with E-state index in [0.717, 1.165) is 12.1 Å². The number of pyridine rings is 1. The number of hydrogen-bond donors (Lipinski definition) is 2. The Balaban J connectivity index is 2.50. The van der Waals surface area contributed by atoms with Crippen LogP contribution < -0.4 is 10.6 Å². The molecular weight excluding hydrogens is 202 g/mol. The molecule has 4 heteroatoms. The van der Waals surface area contributed by atoms with Crippen LogP contribution in [0, 0.1) is 12.8 Å². The average Bonchev–Trinajstić information content (AvgIpc) is 2.25. The third-order valence-corrected chi connectivity index (χ3v) is 2.31. The average molecular weight is 221 g/mol. The van der Waals surface area contributed by atoms with Gasteiger partial charge in [-0.3, -0.25) is 4.79 Å². The van der Waals surface area contributed by atoms with E-state index in [4.69, 9.17) is 0 Å². The van der Waals surface area contributed by atoms with Gasteiger partial charge in [-0.05, 0) is 31.2 Å². The SMILES string of the molecule is CCNCC(C)C(=O)Nc1cc(C)ccn1. The van der Waals surface area contributed by atoms with E-state index in [9.17, 15) is 4.79 Å². The first kappa shape index (κ1) is 12.6. The van der Waals surface area contributed by atoms with Crippen LogP contribution in [0.4, 0.5) is 5.82 Å². The van der Waals surface area contributed by atoms with Crippen LogP contribution in [0.3, 0.4) is 0 Å². The molecule has 0 spiro atoms. The van der Waals surface area contributed by atoms with Gasteiger partial charge in [-0.1, -0.05) is 13.8 Å². The number of nitrogens with zero attached hydrogens (tertiary/aromatic N) is 1. The maximum Gasteiger partial charge on any atom is 0.229 e. The summed E-state index contributed by atoms with van der Waals surface area (Å²) in [6.07, 6.45) is 1.69. The first-order valence-corrected chi connectivity index (χ1v) is 5.57. The van der Waals surface area contributed by atoms with Crippen molar-refractivity contribution in [1.29, 1.82) is 0 Å². The van der Waals surface area contributed by atoms with E-state index in [1.165, 1.54) is 0 Å². The third kappa shape index (κ3) is 3.98. The first-order chi connectivity index (χ1) is 7.63. The molecule has 0 aliphatic carbocycles. The van der Waals surface area contributed by atoms with Crippen LogP contribution in [0.5, 0.6) is 0 Å². The number of aryl methyl sites for hydroxylation is 1. The van der Waals surface area contributed by atoms with Gasteiger partial charge in [0.05, 0.1) is 0 Å². The summed E-state index contributed by atoms with van der Waals surface area (Å²) in [5.74, 6) is 0.565. The van der Waals surface area contributed by atoms with Gasteiger partial charge in [-0.15, -0.1) is 0 Å². The number of rotatable bonds is 5. The van der Waals surface area contributed by atoms with E-state index in [1.54, 1.807) is 6.20 Å². The van der Waals surface area contributed by atoms with E-state index >= 15 is 0 Å². The monoisotopic (exact) mass is 221 g/mol. The predicted octanol–water partition coefficient (Wildman–Crippen LogP) is 1.57. The molecule has 16 heavy (non-hydrogen) atoms. The number of hydrogen-bond acceptors (Lipinski definition) is 3. The number of aromatic nitrogens is 1. The Hall–Kier alpha value is -1.42. The second kappa shape index (κ2) is 6.23. The maximum atomic E-state index is 11.7. The number of carbonyl (C=O) groups is 1. The highest BCUT2D eigenvalue weighted by molar-refractivity contribution is 5.91. The van der Waals surface area contributed by atoms with Crippen molar-refractivity contribution in [3.05, 3.63) is 23.9 Å². The predicted molar refractivity (Wildman–Crippen MR) is 65.3 cm³/mol. The van der Waals surface area contributed by atoms with Gasteiger partial charge in [0.2, 0.25) is 5.91 Å². The fourth-order valence-corrected chi connectivity index (χ4v) is 1.31. The van der Waals surface area contributed by atoms with Crippen molar-refractivity contribution in [2.45, 2.75) is 20.8 Å². The van der Waals surface area contributed by atoms with Crippen LogP contribution in [0.25, 0.3) is 0 Å². The van der Waals surface area contributed by atoms with Crippen molar-refractivity contribution in [3.63, 3.8) is 0 Å². The molecule has 1 heterocycles. The van der Waals surface area contributed by atoms with Gasteiger partial charge >= 0.3 is 0 Å². The second-order valence-corrected chi connectivity index (χ2v) is 3.92. The lowest BCUT2D eigenvalue weighted by atomic mass is 10.1. The van der Waals surface area contributed by atoms with Crippen molar-refractivity contribution >= 4 is 11.7 Å². The quantitative estimate of drug-likeness (QED) is 0.793. The Bertz CT molecular complexity index is 352. The number of nitrogens with one attached hydrogen (secondary N) is 2. The third-order valence-electron chi connectivity index (χ3n) is 2.31. The van der Waals surface area contributed by atoms with Crippen molar-refractivity contribution in [1.82, 2.24) is 10.3 Å². The molecule has 0 saturated carbocycles. The molecule has 0 saturated heterocycles. The highest BCUT2D eigenvalue weighted by atomic mass is 16.1. The van der Waals surface area contributed by atoms with Crippen LogP contribution in [0.2, 0.25) is 0 Å². The summed E-state index contributed by atoms with van der Waals surface area (Å²) < 4.78 is 0. The molecular formula is C12H19N3O. The molecule has 1 atom stereocenters. The van der Waals surface area contributed by atoms with Crippen molar-refractivity contribution in [2.75, 3.05) is 18.4 Å². The largest absolute Gasteiger partial charge is 0.316 e. The summed E-state index contributed by atoms with van der Waals surface area (Å²) in [6.45, 7) is 7.45. The molecule has 4 nitrogen and oxygen atoms in total. The Morgan fingerprint density at radius 1 is 1.56 bits per heavy atom. The van der Waals surface area contributed by atoms with Gasteiger partial charge < -0.3 is 10.6 Å². The molecule has 0 aromatic carbocycles. The zero-order valence-corrected chi connectivity index (χ0v) is 10.1. The van der Waals surface area contributed by atoms with Crippen LogP contribution in [-0.2, 0) is 4.79 Å². The van der Waals surface area contributed by atoms with Gasteiger partial charge in [0.25, 0.3) is 0 Å². The van der Waals surface area contributed by atoms with Crippen LogP contribution in [0.1, 0.15) is 19.4 Å². The summed E-state index contributed by atoms with van der Waals surface area (Å²) in [6, 6.07) is 3.76. The Labute approximate surface area is 96.5 Å². The maximum absolute atomic E-state index is 11.7. The number of amides is 1. The minimum Gasteiger partial charge on any atom is -0.316 e. The summed E-state index contributed by atoms with van der Waals surface area (Å²) in [4.78, 5) is 15.8. The minimum absolute atomic E-state index is 0.000880. The highest BCUT2D eigenvalue weighted by Crippen LogP contribution is 2.07. The van der Waals surface area contributed by atoms with Gasteiger partial charge in [0.15, 0.2) is 0 Å². The highest BCUT2D eigenvalue weighted by Gasteiger charge is 2.12. The molecule has 1 aromatic heterocycles. The van der Waals surface area contributed by atoms with Crippen molar-refractivity contribution in [3.8, 4) is 0 Å². The molecule has 1 rings (SSSR count). The lowest BCUT2D eigenvalue weighted by molar-refractivity contribution is -0.119. The fourth-order valence-electron chi connectivity index (χ4n) is 1.31. The lowest BCUT2D eigenvalue weighted by Crippen LogP contribution is -2.30. The molecule has 0 aliphatic heterocycles. The van der Waals surface area contributed by atoms with E-state index < -0.39 is 0 Å². The topological polar surface area (TPSA) is 54.0 Å². The molecule has 1 amide bonds. The molecule has 2 N–H and O–H groups in total. The summed E-state index contributed by atoms with van der Waals surface area (Å²) >= 11 is 0. The normalized spacial score (nSPS) is 12.2. The summed E-state index contributed by atoms with van der Waals surface area (Å²) in [7, 11) is 0. The van der Waals surface area contributed by atoms with E-state index in [-0.39, 0.29) is 11.8 Å². The van der Waals surface area contributed by atoms with Gasteiger partial charge in [0, 0.05) is 18.7 Å². The van der Waals surface area contributed by atoms with Crippen LogP contribution in [0.15, 0.2) is 18.3 Å². The minimum atomic E-state index is -0.0535. The zero-order chi connectivity index (χ0) is 12.0. The molecule has 1 aromatic rings. The van der Waals surface area contributed by atoms with Crippen LogP contribution >= 0.6 is 0 Å². The van der Waals surface area contributed by atoms with Crippen molar-refractivity contribution in [2.24, 2.45) is 5.92 Å². The summed E-state index contributed by atoms with van der Waals surface area (Å²) in [5.41, 5.74) is 1.09. The smallest absolute Gasteiger partial charge is 0.229 e. The second-order valence-electron chi connectivity index (χ2n) is 3.92. The Morgan fingerprint density at radius 2 is 2.31 bits per heavy atom. The van der Waals surface area contributed by atoms with Gasteiger partial charge in [-0.2, -0.15) is 0 Å². The molecule has 0 bridgehead atoms. The van der Waals surface area contributed by atoms with Gasteiger partial charge in [-0.25, -0.2) is 4.98 Å². The van der Waals surface area contributed by atoms with Crippen molar-refractivity contribution < 1.29 is 4.79 Å². The molecule has 0 fully saturated rings. The van der Waals surface area contributed by atoms with E-state index in [1.807, 2.05) is 32.9 Å². The van der Waals surface area contributed by atoms with Gasteiger partial charge in [0.1, 0.15) is 5.82 Å². The lowest BCUT2D eigenvalue weighted by Gasteiger charge is -2.11. The Kier molecular flexibility index (Phi) is 4.92. The standard InChI is InChI=1S/C12H19N3O/c1-4-13-8-10(3)12(16)15-11-7-9(2)5-6-14-11/h5-7,10,13H,4,8H2,1-3H3,(H,14,15,16). The molecule has 0 aliphatic rings. The zero-order valence-electron chi connectivity index (χ0n) is 10.1. The fraction of sp³-hybridized carbons (Fsp3) is 0.500. The van der Waals surface area contributed by atoms with E-state index in [0.29, 0.717) is 12.4 Å². The molecule has 88 valence electrons. The number of carbonyl (C=O) groups excluding carboxylic acids is 1. The Morgan fingerprint density at radius 3 is 2.94 bits per heavy atom. The van der Waals surface area contributed by atoms with Crippen LogP contribution in [-0.4, -0.2) is 24.0 Å². The molecule has 1 unspecified atom stereocenters. The first-order valence-electron chi connectivity index (χ1n) is 5.57.